The summed E-state index contributed by atoms with van der Waals surface area (Å²) < 4.78 is 6.72. The number of carbonyl (C=O) groups is 1. The largest absolute Gasteiger partial charge is 0.361 e. The third-order valence-corrected chi connectivity index (χ3v) is 3.93. The number of hydrogen-bond acceptors (Lipinski definition) is 3. The zero-order valence-electron chi connectivity index (χ0n) is 10.5. The highest BCUT2D eigenvalue weighted by Crippen LogP contribution is 2.22. The van der Waals surface area contributed by atoms with Crippen LogP contribution in [0.4, 0.5) is 0 Å². The monoisotopic (exact) mass is 386 g/mol. The molecule has 2 aromatic rings. The topological polar surface area (TPSA) is 55.1 Å². The minimum atomic E-state index is -0.139. The van der Waals surface area contributed by atoms with Gasteiger partial charge in [-0.2, -0.15) is 0 Å². The van der Waals surface area contributed by atoms with E-state index in [0.29, 0.717) is 12.1 Å². The SMILES string of the molecule is Cc1noc(C)c1CNC(=O)c1ccc(Br)cc1Br. The van der Waals surface area contributed by atoms with E-state index >= 15 is 0 Å². The van der Waals surface area contributed by atoms with E-state index in [2.05, 4.69) is 42.3 Å². The number of aryl methyl sites for hydroxylation is 2. The van der Waals surface area contributed by atoms with Gasteiger partial charge in [0.05, 0.1) is 11.3 Å². The Balaban J connectivity index is 2.10. The number of benzene rings is 1. The van der Waals surface area contributed by atoms with Gasteiger partial charge in [-0.1, -0.05) is 21.1 Å². The van der Waals surface area contributed by atoms with Crippen molar-refractivity contribution in [2.45, 2.75) is 20.4 Å². The van der Waals surface area contributed by atoms with Gasteiger partial charge in [-0.05, 0) is 48.0 Å². The van der Waals surface area contributed by atoms with Gasteiger partial charge in [0.1, 0.15) is 5.76 Å². The van der Waals surface area contributed by atoms with Crippen molar-refractivity contribution in [1.82, 2.24) is 10.5 Å². The zero-order chi connectivity index (χ0) is 14.0. The molecular weight excluding hydrogens is 376 g/mol. The van der Waals surface area contributed by atoms with Crippen LogP contribution in [-0.2, 0) is 6.54 Å². The van der Waals surface area contributed by atoms with Crippen molar-refractivity contribution >= 4 is 37.8 Å². The molecule has 2 rings (SSSR count). The van der Waals surface area contributed by atoms with Crippen molar-refractivity contribution < 1.29 is 9.32 Å². The predicted octanol–water partition coefficient (Wildman–Crippen LogP) is 3.75. The van der Waals surface area contributed by atoms with Gasteiger partial charge in [-0.15, -0.1) is 0 Å². The van der Waals surface area contributed by atoms with Crippen LogP contribution < -0.4 is 5.32 Å². The molecule has 19 heavy (non-hydrogen) atoms. The second-order valence-electron chi connectivity index (χ2n) is 4.11. The van der Waals surface area contributed by atoms with Crippen LogP contribution in [0.5, 0.6) is 0 Å². The molecule has 0 saturated carbocycles. The Morgan fingerprint density at radius 2 is 2.11 bits per heavy atom. The summed E-state index contributed by atoms with van der Waals surface area (Å²) in [6, 6.07) is 5.43. The van der Waals surface area contributed by atoms with Crippen LogP contribution in [0.15, 0.2) is 31.7 Å². The summed E-state index contributed by atoms with van der Waals surface area (Å²) in [5.74, 6) is 0.590. The van der Waals surface area contributed by atoms with Crippen molar-refractivity contribution in [3.8, 4) is 0 Å². The first-order chi connectivity index (χ1) is 8.99. The van der Waals surface area contributed by atoms with Crippen molar-refractivity contribution in [2.24, 2.45) is 0 Å². The van der Waals surface area contributed by atoms with E-state index in [1.54, 1.807) is 6.07 Å². The molecule has 6 heteroatoms. The van der Waals surface area contributed by atoms with E-state index < -0.39 is 0 Å². The third kappa shape index (κ3) is 3.25. The van der Waals surface area contributed by atoms with Gasteiger partial charge in [-0.3, -0.25) is 4.79 Å². The lowest BCUT2D eigenvalue weighted by atomic mass is 10.2. The zero-order valence-corrected chi connectivity index (χ0v) is 13.6. The maximum Gasteiger partial charge on any atom is 0.252 e. The van der Waals surface area contributed by atoms with E-state index in [1.165, 1.54) is 0 Å². The predicted molar refractivity (Wildman–Crippen MR) is 79.0 cm³/mol. The molecule has 0 aliphatic rings. The maximum atomic E-state index is 12.1. The van der Waals surface area contributed by atoms with Gasteiger partial charge in [0.25, 0.3) is 5.91 Å². The van der Waals surface area contributed by atoms with Crippen LogP contribution in [0.1, 0.15) is 27.4 Å². The first kappa shape index (κ1) is 14.3. The number of aromatic nitrogens is 1. The fourth-order valence-electron chi connectivity index (χ4n) is 1.69. The van der Waals surface area contributed by atoms with Gasteiger partial charge in [0, 0.05) is 21.1 Å². The molecule has 1 amide bonds. The first-order valence-electron chi connectivity index (χ1n) is 5.64. The lowest BCUT2D eigenvalue weighted by molar-refractivity contribution is 0.0950. The lowest BCUT2D eigenvalue weighted by Gasteiger charge is -2.07. The smallest absolute Gasteiger partial charge is 0.252 e. The average Bonchev–Trinajstić information content (AvgIpc) is 2.66. The van der Waals surface area contributed by atoms with Crippen molar-refractivity contribution in [2.75, 3.05) is 0 Å². The molecule has 1 aromatic heterocycles. The summed E-state index contributed by atoms with van der Waals surface area (Å²) in [6.07, 6.45) is 0. The molecule has 100 valence electrons. The molecule has 4 nitrogen and oxygen atoms in total. The fourth-order valence-corrected chi connectivity index (χ4v) is 2.92. The number of amides is 1. The van der Waals surface area contributed by atoms with Crippen molar-refractivity contribution in [1.29, 1.82) is 0 Å². The molecule has 0 spiro atoms. The molecule has 0 aliphatic heterocycles. The van der Waals surface area contributed by atoms with Gasteiger partial charge in [0.15, 0.2) is 0 Å². The second kappa shape index (κ2) is 5.88. The molecule has 0 saturated heterocycles. The quantitative estimate of drug-likeness (QED) is 0.872. The van der Waals surface area contributed by atoms with Crippen molar-refractivity contribution in [3.05, 3.63) is 49.7 Å². The summed E-state index contributed by atoms with van der Waals surface area (Å²) in [7, 11) is 0. The molecule has 0 fully saturated rings. The van der Waals surface area contributed by atoms with E-state index in [1.807, 2.05) is 26.0 Å². The van der Waals surface area contributed by atoms with Gasteiger partial charge < -0.3 is 9.84 Å². The number of halogens is 2. The minimum absolute atomic E-state index is 0.139. The van der Waals surface area contributed by atoms with Gasteiger partial charge in [0.2, 0.25) is 0 Å². The van der Waals surface area contributed by atoms with Crippen LogP contribution in [0.2, 0.25) is 0 Å². The summed E-state index contributed by atoms with van der Waals surface area (Å²) >= 11 is 6.73. The third-order valence-electron chi connectivity index (χ3n) is 2.78. The Kier molecular flexibility index (Phi) is 4.42. The number of carbonyl (C=O) groups excluding carboxylic acids is 1. The van der Waals surface area contributed by atoms with Gasteiger partial charge >= 0.3 is 0 Å². The van der Waals surface area contributed by atoms with Crippen LogP contribution in [-0.4, -0.2) is 11.1 Å². The Labute approximate surface area is 127 Å². The molecule has 0 radical (unpaired) electrons. The van der Waals surface area contributed by atoms with E-state index in [-0.39, 0.29) is 5.91 Å². The summed E-state index contributed by atoms with van der Waals surface area (Å²) in [5, 5.41) is 6.71. The summed E-state index contributed by atoms with van der Waals surface area (Å²) in [5.41, 5.74) is 2.31. The number of nitrogens with one attached hydrogen (secondary N) is 1. The molecular formula is C13H12Br2N2O2. The molecule has 0 bridgehead atoms. The standard InChI is InChI=1S/C13H12Br2N2O2/c1-7-11(8(2)19-17-7)6-16-13(18)10-4-3-9(14)5-12(10)15/h3-5H,6H2,1-2H3,(H,16,18). The van der Waals surface area contributed by atoms with Crippen LogP contribution in [0, 0.1) is 13.8 Å². The Hall–Kier alpha value is -1.14. The number of hydrogen-bond donors (Lipinski definition) is 1. The molecule has 1 heterocycles. The molecule has 1 aromatic carbocycles. The van der Waals surface area contributed by atoms with Crippen LogP contribution >= 0.6 is 31.9 Å². The van der Waals surface area contributed by atoms with E-state index in [9.17, 15) is 4.79 Å². The highest BCUT2D eigenvalue weighted by molar-refractivity contribution is 9.11. The second-order valence-corrected chi connectivity index (χ2v) is 5.88. The number of rotatable bonds is 3. The van der Waals surface area contributed by atoms with Crippen LogP contribution in [0.25, 0.3) is 0 Å². The highest BCUT2D eigenvalue weighted by Gasteiger charge is 2.13. The Bertz CT molecular complexity index is 604. The fraction of sp³-hybridized carbons (Fsp3) is 0.231. The summed E-state index contributed by atoms with van der Waals surface area (Å²) in [6.45, 7) is 4.09. The van der Waals surface area contributed by atoms with Gasteiger partial charge in [-0.25, -0.2) is 0 Å². The Morgan fingerprint density at radius 3 is 2.68 bits per heavy atom. The van der Waals surface area contributed by atoms with E-state index in [4.69, 9.17) is 4.52 Å². The maximum absolute atomic E-state index is 12.1. The van der Waals surface area contributed by atoms with Crippen LogP contribution in [0.3, 0.4) is 0 Å². The minimum Gasteiger partial charge on any atom is -0.361 e. The Morgan fingerprint density at radius 1 is 1.37 bits per heavy atom. The highest BCUT2D eigenvalue weighted by atomic mass is 79.9. The normalized spacial score (nSPS) is 10.5. The van der Waals surface area contributed by atoms with Crippen molar-refractivity contribution in [3.63, 3.8) is 0 Å². The number of nitrogens with zero attached hydrogens (tertiary/aromatic N) is 1. The molecule has 1 N–H and O–H groups in total. The first-order valence-corrected chi connectivity index (χ1v) is 7.22. The molecule has 0 unspecified atom stereocenters. The molecule has 0 aliphatic carbocycles. The average molecular weight is 388 g/mol. The van der Waals surface area contributed by atoms with E-state index in [0.717, 1.165) is 26.0 Å². The molecule has 0 atom stereocenters. The summed E-state index contributed by atoms with van der Waals surface area (Å²) in [4.78, 5) is 12.1. The lowest BCUT2D eigenvalue weighted by Crippen LogP contribution is -2.23.